The van der Waals surface area contributed by atoms with Crippen molar-refractivity contribution in [3.05, 3.63) is 62.9 Å². The van der Waals surface area contributed by atoms with E-state index in [0.717, 1.165) is 33.1 Å². The molecule has 4 aromatic rings. The van der Waals surface area contributed by atoms with Gasteiger partial charge in [-0.3, -0.25) is 4.98 Å². The smallest absolute Gasteiger partial charge is 0.102 e. The second-order valence-electron chi connectivity index (χ2n) is 5.72. The van der Waals surface area contributed by atoms with Gasteiger partial charge < -0.3 is 4.98 Å². The van der Waals surface area contributed by atoms with Gasteiger partial charge in [-0.25, -0.2) is 0 Å². The van der Waals surface area contributed by atoms with E-state index in [9.17, 15) is 5.26 Å². The van der Waals surface area contributed by atoms with Gasteiger partial charge in [-0.1, -0.05) is 40.9 Å². The van der Waals surface area contributed by atoms with Crippen LogP contribution in [-0.4, -0.2) is 9.97 Å². The number of aryl methyl sites for hydroxylation is 1. The number of nitrogens with zero attached hydrogens (tertiary/aromatic N) is 2. The van der Waals surface area contributed by atoms with Gasteiger partial charge in [0.15, 0.2) is 0 Å². The van der Waals surface area contributed by atoms with Gasteiger partial charge in [0.05, 0.1) is 32.3 Å². The molecule has 0 aliphatic carbocycles. The average molecular weight is 387 g/mol. The van der Waals surface area contributed by atoms with Gasteiger partial charge in [0, 0.05) is 33.1 Å². The van der Waals surface area contributed by atoms with Gasteiger partial charge in [0.25, 0.3) is 0 Å². The lowest BCUT2D eigenvalue weighted by atomic mass is 10.00. The summed E-state index contributed by atoms with van der Waals surface area (Å²) in [5.74, 6) is 0. The Hall–Kier alpha value is -2.25. The quantitative estimate of drug-likeness (QED) is 0.404. The molecule has 0 radical (unpaired) electrons. The van der Waals surface area contributed by atoms with Crippen LogP contribution in [0.1, 0.15) is 11.3 Å². The van der Waals surface area contributed by atoms with Crippen LogP contribution in [0.5, 0.6) is 0 Å². The van der Waals surface area contributed by atoms with E-state index in [4.69, 9.17) is 34.8 Å². The van der Waals surface area contributed by atoms with E-state index >= 15 is 0 Å². The highest BCUT2D eigenvalue weighted by Gasteiger charge is 2.17. The molecule has 0 unspecified atom stereocenters. The number of nitriles is 1. The maximum Gasteiger partial charge on any atom is 0.102 e. The predicted octanol–water partition coefficient (Wildman–Crippen LogP) is 6.52. The number of aromatic nitrogens is 2. The number of rotatable bonds is 1. The second kappa shape index (κ2) is 5.93. The lowest BCUT2D eigenvalue weighted by Gasteiger charge is -2.09. The van der Waals surface area contributed by atoms with E-state index in [-0.39, 0.29) is 5.56 Å². The average Bonchev–Trinajstić information content (AvgIpc) is 2.95. The van der Waals surface area contributed by atoms with Crippen LogP contribution < -0.4 is 0 Å². The van der Waals surface area contributed by atoms with Crippen LogP contribution in [0, 0.1) is 18.3 Å². The molecule has 0 saturated heterocycles. The third-order valence-electron chi connectivity index (χ3n) is 4.28. The number of pyridine rings is 1. The summed E-state index contributed by atoms with van der Waals surface area (Å²) in [6, 6.07) is 11.2. The fourth-order valence-corrected chi connectivity index (χ4v) is 3.88. The Labute approximate surface area is 158 Å². The van der Waals surface area contributed by atoms with Crippen molar-refractivity contribution in [3.8, 4) is 17.2 Å². The maximum absolute atomic E-state index is 9.33. The van der Waals surface area contributed by atoms with E-state index in [1.807, 2.05) is 25.1 Å². The number of nitrogens with one attached hydrogen (secondary N) is 1. The monoisotopic (exact) mass is 385 g/mol. The molecule has 0 amide bonds. The number of H-pyrrole nitrogens is 1. The summed E-state index contributed by atoms with van der Waals surface area (Å²) in [5, 5.41) is 12.6. The van der Waals surface area contributed by atoms with Gasteiger partial charge in [-0.15, -0.1) is 0 Å². The SMILES string of the molecule is Cc1nccc2c1[nH]c1c(-c3ccc(Cl)c(C#N)c3Cl)cc(Cl)cc12. The van der Waals surface area contributed by atoms with Crippen LogP contribution in [0.3, 0.4) is 0 Å². The third-order valence-corrected chi connectivity index (χ3v) is 5.20. The standard InChI is InChI=1S/C19H10Cl3N3/c1-9-18-12(4-5-24-9)14-7-10(20)6-13(19(14)25-18)11-2-3-16(21)15(8-23)17(11)22/h2-7,25H,1H3. The van der Waals surface area contributed by atoms with Crippen molar-refractivity contribution in [2.45, 2.75) is 6.92 Å². The fourth-order valence-electron chi connectivity index (χ4n) is 3.10. The Morgan fingerprint density at radius 3 is 2.56 bits per heavy atom. The highest BCUT2D eigenvalue weighted by molar-refractivity contribution is 6.39. The first-order valence-electron chi connectivity index (χ1n) is 7.46. The summed E-state index contributed by atoms with van der Waals surface area (Å²) in [4.78, 5) is 7.76. The van der Waals surface area contributed by atoms with Crippen LogP contribution in [0.15, 0.2) is 36.5 Å². The minimum absolute atomic E-state index is 0.253. The molecule has 2 aromatic heterocycles. The molecule has 0 saturated carbocycles. The summed E-state index contributed by atoms with van der Waals surface area (Å²) < 4.78 is 0. The van der Waals surface area contributed by atoms with Crippen LogP contribution in [0.2, 0.25) is 15.1 Å². The van der Waals surface area contributed by atoms with Gasteiger partial charge in [-0.05, 0) is 31.2 Å². The predicted molar refractivity (Wildman–Crippen MR) is 104 cm³/mol. The summed E-state index contributed by atoms with van der Waals surface area (Å²) in [6.45, 7) is 1.95. The fraction of sp³-hybridized carbons (Fsp3) is 0.0526. The molecular weight excluding hydrogens is 377 g/mol. The molecule has 0 fully saturated rings. The minimum atomic E-state index is 0.253. The van der Waals surface area contributed by atoms with Gasteiger partial charge in [0.1, 0.15) is 6.07 Å². The summed E-state index contributed by atoms with van der Waals surface area (Å²) in [6.07, 6.45) is 1.77. The Bertz CT molecular complexity index is 1200. The van der Waals surface area contributed by atoms with Gasteiger partial charge in [0.2, 0.25) is 0 Å². The molecular formula is C19H10Cl3N3. The molecule has 0 bridgehead atoms. The van der Waals surface area contributed by atoms with Crippen molar-refractivity contribution >= 4 is 56.6 Å². The molecule has 0 aliphatic heterocycles. The Morgan fingerprint density at radius 2 is 1.80 bits per heavy atom. The van der Waals surface area contributed by atoms with E-state index in [1.54, 1.807) is 18.3 Å². The molecule has 25 heavy (non-hydrogen) atoms. The molecule has 0 spiro atoms. The lowest BCUT2D eigenvalue weighted by Crippen LogP contribution is -1.87. The molecule has 0 atom stereocenters. The van der Waals surface area contributed by atoms with Crippen molar-refractivity contribution in [1.29, 1.82) is 5.26 Å². The van der Waals surface area contributed by atoms with E-state index in [2.05, 4.69) is 16.0 Å². The van der Waals surface area contributed by atoms with Crippen LogP contribution in [0.25, 0.3) is 32.9 Å². The molecule has 4 rings (SSSR count). The zero-order valence-corrected chi connectivity index (χ0v) is 15.3. The number of hydrogen-bond acceptors (Lipinski definition) is 2. The number of fused-ring (bicyclic) bond motifs is 3. The number of halogens is 3. The molecule has 1 N–H and O–H groups in total. The molecule has 6 heteroatoms. The Morgan fingerprint density at radius 1 is 1.00 bits per heavy atom. The first-order valence-corrected chi connectivity index (χ1v) is 8.59. The molecule has 2 aromatic carbocycles. The Balaban J connectivity index is 2.15. The third kappa shape index (κ3) is 2.46. The molecule has 3 nitrogen and oxygen atoms in total. The number of hydrogen-bond donors (Lipinski definition) is 1. The van der Waals surface area contributed by atoms with Crippen molar-refractivity contribution < 1.29 is 0 Å². The van der Waals surface area contributed by atoms with Crippen molar-refractivity contribution in [2.75, 3.05) is 0 Å². The lowest BCUT2D eigenvalue weighted by molar-refractivity contribution is 1.22. The first-order chi connectivity index (χ1) is 12.0. The van der Waals surface area contributed by atoms with Gasteiger partial charge >= 0.3 is 0 Å². The van der Waals surface area contributed by atoms with Crippen LogP contribution >= 0.6 is 34.8 Å². The summed E-state index contributed by atoms with van der Waals surface area (Å²) >= 11 is 18.9. The van der Waals surface area contributed by atoms with Crippen LogP contribution in [0.4, 0.5) is 0 Å². The van der Waals surface area contributed by atoms with Crippen LogP contribution in [-0.2, 0) is 0 Å². The Kier molecular flexibility index (Phi) is 3.85. The molecule has 0 aliphatic rings. The summed E-state index contributed by atoms with van der Waals surface area (Å²) in [7, 11) is 0. The maximum atomic E-state index is 9.33. The van der Waals surface area contributed by atoms with Crippen molar-refractivity contribution in [1.82, 2.24) is 9.97 Å². The van der Waals surface area contributed by atoms with E-state index < -0.39 is 0 Å². The minimum Gasteiger partial charge on any atom is -0.353 e. The zero-order valence-electron chi connectivity index (χ0n) is 13.0. The summed E-state index contributed by atoms with van der Waals surface area (Å²) in [5.41, 5.74) is 4.51. The second-order valence-corrected chi connectivity index (χ2v) is 6.94. The largest absolute Gasteiger partial charge is 0.353 e. The normalized spacial score (nSPS) is 11.2. The first kappa shape index (κ1) is 16.2. The topological polar surface area (TPSA) is 52.5 Å². The molecule has 122 valence electrons. The van der Waals surface area contributed by atoms with E-state index in [0.29, 0.717) is 20.6 Å². The van der Waals surface area contributed by atoms with Crippen molar-refractivity contribution in [2.24, 2.45) is 0 Å². The highest BCUT2D eigenvalue weighted by atomic mass is 35.5. The molecule has 2 heterocycles. The zero-order chi connectivity index (χ0) is 17.7. The van der Waals surface area contributed by atoms with E-state index in [1.165, 1.54) is 0 Å². The number of benzene rings is 2. The van der Waals surface area contributed by atoms with Gasteiger partial charge in [-0.2, -0.15) is 5.26 Å². The number of aromatic amines is 1. The van der Waals surface area contributed by atoms with Crippen molar-refractivity contribution in [3.63, 3.8) is 0 Å². The highest BCUT2D eigenvalue weighted by Crippen LogP contribution is 2.41.